The number of aromatic nitrogens is 3. The molecule has 2 aromatic heterocycles. The molecule has 0 radical (unpaired) electrons. The molecule has 10 heteroatoms. The molecule has 130 valence electrons. The van der Waals surface area contributed by atoms with Crippen LogP contribution in [0, 0.1) is 9.87 Å². The monoisotopic (exact) mass is 370 g/mol. The second-order valence-electron chi connectivity index (χ2n) is 5.75. The largest absolute Gasteiger partial charge is 0.457 e. The SMILES string of the molecule is CC[C@H]1O[C@@H](n2c(=S)sc3c(=O)[nH]c(N)nc32)[C@H](OC(C)=O)[C@H]1C. The molecule has 0 bridgehead atoms. The number of nitrogens with two attached hydrogens (primary N) is 1. The van der Waals surface area contributed by atoms with Gasteiger partial charge in [0.25, 0.3) is 5.56 Å². The number of carbonyl (C=O) groups is 1. The van der Waals surface area contributed by atoms with Crippen molar-refractivity contribution in [1.29, 1.82) is 0 Å². The summed E-state index contributed by atoms with van der Waals surface area (Å²) in [5, 5.41) is 0. The number of hydrogen-bond donors (Lipinski definition) is 2. The van der Waals surface area contributed by atoms with Gasteiger partial charge in [0.05, 0.1) is 6.10 Å². The third kappa shape index (κ3) is 2.74. The van der Waals surface area contributed by atoms with E-state index >= 15 is 0 Å². The van der Waals surface area contributed by atoms with E-state index in [0.717, 1.165) is 17.8 Å². The van der Waals surface area contributed by atoms with E-state index in [-0.39, 0.29) is 23.5 Å². The quantitative estimate of drug-likeness (QED) is 0.627. The summed E-state index contributed by atoms with van der Waals surface area (Å²) in [6.45, 7) is 5.32. The maximum atomic E-state index is 12.1. The average molecular weight is 370 g/mol. The highest BCUT2D eigenvalue weighted by Crippen LogP contribution is 2.39. The number of carbonyl (C=O) groups excluding carboxylic acids is 1. The Bertz CT molecular complexity index is 902. The van der Waals surface area contributed by atoms with Crippen LogP contribution in [-0.4, -0.2) is 32.7 Å². The molecule has 1 aliphatic heterocycles. The van der Waals surface area contributed by atoms with E-state index in [9.17, 15) is 9.59 Å². The highest BCUT2D eigenvalue weighted by atomic mass is 32.1. The van der Waals surface area contributed by atoms with Gasteiger partial charge < -0.3 is 15.2 Å². The van der Waals surface area contributed by atoms with Crippen LogP contribution in [0.25, 0.3) is 10.3 Å². The van der Waals surface area contributed by atoms with Gasteiger partial charge in [-0.3, -0.25) is 19.1 Å². The number of nitrogens with one attached hydrogen (secondary N) is 1. The van der Waals surface area contributed by atoms with Crippen molar-refractivity contribution in [2.24, 2.45) is 5.92 Å². The first-order valence-corrected chi connectivity index (χ1v) is 8.79. The van der Waals surface area contributed by atoms with Gasteiger partial charge in [0.2, 0.25) is 5.95 Å². The molecule has 0 saturated carbocycles. The lowest BCUT2D eigenvalue weighted by Crippen LogP contribution is -2.30. The maximum Gasteiger partial charge on any atom is 0.303 e. The van der Waals surface area contributed by atoms with Gasteiger partial charge in [-0.05, 0) is 18.6 Å². The number of nitrogens with zero attached hydrogens (tertiary/aromatic N) is 2. The number of ether oxygens (including phenoxy) is 2. The van der Waals surface area contributed by atoms with Gasteiger partial charge in [0, 0.05) is 12.8 Å². The minimum Gasteiger partial charge on any atom is -0.457 e. The molecule has 0 aliphatic carbocycles. The Balaban J connectivity index is 2.17. The first-order valence-electron chi connectivity index (χ1n) is 7.57. The Labute approximate surface area is 146 Å². The molecule has 3 rings (SSSR count). The van der Waals surface area contributed by atoms with Crippen LogP contribution >= 0.6 is 23.6 Å². The maximum absolute atomic E-state index is 12.1. The normalized spacial score (nSPS) is 26.8. The zero-order chi connectivity index (χ0) is 17.6. The molecule has 0 unspecified atom stereocenters. The predicted molar refractivity (Wildman–Crippen MR) is 92.4 cm³/mol. The molecule has 0 spiro atoms. The van der Waals surface area contributed by atoms with Crippen LogP contribution in [0.2, 0.25) is 0 Å². The molecule has 3 N–H and O–H groups in total. The van der Waals surface area contributed by atoms with E-state index in [2.05, 4.69) is 9.97 Å². The van der Waals surface area contributed by atoms with Gasteiger partial charge in [-0.15, -0.1) is 0 Å². The highest BCUT2D eigenvalue weighted by Gasteiger charge is 2.45. The Hall–Kier alpha value is -1.78. The number of rotatable bonds is 3. The summed E-state index contributed by atoms with van der Waals surface area (Å²) in [4.78, 5) is 30.2. The number of aromatic amines is 1. The lowest BCUT2D eigenvalue weighted by atomic mass is 9.98. The lowest BCUT2D eigenvalue weighted by Gasteiger charge is -2.22. The summed E-state index contributed by atoms with van der Waals surface area (Å²) in [6.07, 6.45) is -0.473. The van der Waals surface area contributed by atoms with E-state index in [1.54, 1.807) is 4.57 Å². The number of nitrogen functional groups attached to an aromatic ring is 1. The smallest absolute Gasteiger partial charge is 0.303 e. The van der Waals surface area contributed by atoms with Crippen molar-refractivity contribution in [3.63, 3.8) is 0 Å². The summed E-state index contributed by atoms with van der Waals surface area (Å²) < 4.78 is 14.0. The van der Waals surface area contributed by atoms with Crippen molar-refractivity contribution in [2.75, 3.05) is 5.73 Å². The molecule has 2 aromatic rings. The van der Waals surface area contributed by atoms with Crippen molar-refractivity contribution in [2.45, 2.75) is 45.6 Å². The summed E-state index contributed by atoms with van der Waals surface area (Å²) in [6, 6.07) is 0. The fourth-order valence-corrected chi connectivity index (χ4v) is 4.34. The van der Waals surface area contributed by atoms with Crippen LogP contribution < -0.4 is 11.3 Å². The van der Waals surface area contributed by atoms with E-state index in [1.807, 2.05) is 13.8 Å². The minimum atomic E-state index is -0.635. The van der Waals surface area contributed by atoms with Crippen molar-refractivity contribution in [3.05, 3.63) is 14.3 Å². The van der Waals surface area contributed by atoms with Crippen molar-refractivity contribution in [1.82, 2.24) is 14.5 Å². The molecule has 0 aromatic carbocycles. The summed E-state index contributed by atoms with van der Waals surface area (Å²) >= 11 is 6.53. The number of fused-ring (bicyclic) bond motifs is 1. The van der Waals surface area contributed by atoms with Gasteiger partial charge in [0.15, 0.2) is 21.9 Å². The van der Waals surface area contributed by atoms with Gasteiger partial charge in [0.1, 0.15) is 4.70 Å². The predicted octanol–water partition coefficient (Wildman–Crippen LogP) is 1.97. The first-order chi connectivity index (χ1) is 11.3. The van der Waals surface area contributed by atoms with Crippen LogP contribution in [0.4, 0.5) is 5.95 Å². The molecule has 3 heterocycles. The van der Waals surface area contributed by atoms with Crippen molar-refractivity contribution < 1.29 is 14.3 Å². The van der Waals surface area contributed by atoms with E-state index in [1.165, 1.54) is 6.92 Å². The van der Waals surface area contributed by atoms with Crippen LogP contribution in [0.15, 0.2) is 4.79 Å². The van der Waals surface area contributed by atoms with Crippen LogP contribution in [0.3, 0.4) is 0 Å². The zero-order valence-electron chi connectivity index (χ0n) is 13.4. The number of hydrogen-bond acceptors (Lipinski definition) is 8. The van der Waals surface area contributed by atoms with Gasteiger partial charge in [-0.25, -0.2) is 0 Å². The second kappa shape index (κ2) is 6.26. The Morgan fingerprint density at radius 1 is 1.58 bits per heavy atom. The summed E-state index contributed by atoms with van der Waals surface area (Å²) in [7, 11) is 0. The standard InChI is InChI=1S/C14H18N4O4S2/c1-4-7-5(2)8(21-6(3)19)12(22-7)18-10-9(24-14(18)23)11(20)17-13(15)16-10/h5,7-8,12H,4H2,1-3H3,(H3,15,16,17,20)/t5-,7+,8+,12+/m0/s1. The van der Waals surface area contributed by atoms with E-state index in [0.29, 0.717) is 14.3 Å². The van der Waals surface area contributed by atoms with E-state index < -0.39 is 18.3 Å². The minimum absolute atomic E-state index is 0.00354. The second-order valence-corrected chi connectivity index (χ2v) is 7.39. The first kappa shape index (κ1) is 17.1. The zero-order valence-corrected chi connectivity index (χ0v) is 15.1. The molecule has 8 nitrogen and oxygen atoms in total. The molecule has 0 amide bonds. The highest BCUT2D eigenvalue weighted by molar-refractivity contribution is 7.73. The van der Waals surface area contributed by atoms with Gasteiger partial charge in [-0.2, -0.15) is 4.98 Å². The van der Waals surface area contributed by atoms with Crippen LogP contribution in [0.5, 0.6) is 0 Å². The van der Waals surface area contributed by atoms with Gasteiger partial charge >= 0.3 is 5.97 Å². The number of anilines is 1. The van der Waals surface area contributed by atoms with Crippen LogP contribution in [0.1, 0.15) is 33.4 Å². The topological polar surface area (TPSA) is 112 Å². The summed E-state index contributed by atoms with van der Waals surface area (Å²) in [5.74, 6) is -0.412. The molecular formula is C14H18N4O4S2. The third-order valence-electron chi connectivity index (χ3n) is 4.15. The number of thiazole rings is 1. The van der Waals surface area contributed by atoms with Gasteiger partial charge in [-0.1, -0.05) is 25.2 Å². The summed E-state index contributed by atoms with van der Waals surface area (Å²) in [5.41, 5.74) is 5.65. The van der Waals surface area contributed by atoms with Crippen molar-refractivity contribution >= 4 is 45.8 Å². The Morgan fingerprint density at radius 3 is 2.92 bits per heavy atom. The molecule has 1 aliphatic rings. The fourth-order valence-electron chi connectivity index (χ4n) is 3.05. The fraction of sp³-hybridized carbons (Fsp3) is 0.571. The Morgan fingerprint density at radius 2 is 2.29 bits per heavy atom. The molecule has 24 heavy (non-hydrogen) atoms. The van der Waals surface area contributed by atoms with E-state index in [4.69, 9.17) is 27.4 Å². The number of H-pyrrole nitrogens is 1. The third-order valence-corrected chi connectivity index (χ3v) is 5.54. The average Bonchev–Trinajstić information content (AvgIpc) is 2.97. The van der Waals surface area contributed by atoms with Crippen molar-refractivity contribution in [3.8, 4) is 0 Å². The lowest BCUT2D eigenvalue weighted by molar-refractivity contribution is -0.153. The van der Waals surface area contributed by atoms with Crippen LogP contribution in [-0.2, 0) is 14.3 Å². The Kier molecular flexibility index (Phi) is 4.45. The number of esters is 1. The molecule has 1 saturated heterocycles. The molecular weight excluding hydrogens is 352 g/mol. The molecule has 1 fully saturated rings. The molecule has 4 atom stereocenters.